The molecule has 1 saturated carbocycles. The minimum atomic E-state index is -0.130. The van der Waals surface area contributed by atoms with Crippen LogP contribution in [0.15, 0.2) is 66.7 Å². The van der Waals surface area contributed by atoms with Crippen molar-refractivity contribution in [3.05, 3.63) is 95.1 Å². The summed E-state index contributed by atoms with van der Waals surface area (Å²) in [6.07, 6.45) is 2.29. The lowest BCUT2D eigenvalue weighted by atomic mass is 10.2. The highest BCUT2D eigenvalue weighted by Crippen LogP contribution is 2.39. The molecule has 1 aliphatic rings. The Hall–Kier alpha value is -3.67. The largest absolute Gasteiger partial charge is 0.346 e. The van der Waals surface area contributed by atoms with Crippen molar-refractivity contribution in [3.8, 4) is 11.4 Å². The zero-order valence-electron chi connectivity index (χ0n) is 17.7. The maximum absolute atomic E-state index is 13.2. The van der Waals surface area contributed by atoms with Crippen molar-refractivity contribution in [2.75, 3.05) is 0 Å². The Labute approximate surface area is 181 Å². The molecule has 6 nitrogen and oxygen atoms in total. The Balaban J connectivity index is 1.40. The number of carbonyl (C=O) groups excluding carboxylic acids is 1. The minimum Gasteiger partial charge on any atom is -0.346 e. The topological polar surface area (TPSA) is 64.7 Å². The first-order chi connectivity index (χ1) is 15.1. The van der Waals surface area contributed by atoms with E-state index in [1.54, 1.807) is 4.68 Å². The van der Waals surface area contributed by atoms with E-state index in [1.807, 2.05) is 85.3 Å². The molecule has 0 radical (unpaired) electrons. The summed E-state index contributed by atoms with van der Waals surface area (Å²) < 4.78 is 3.69. The molecule has 31 heavy (non-hydrogen) atoms. The predicted octanol–water partition coefficient (Wildman–Crippen LogP) is 4.48. The van der Waals surface area contributed by atoms with Crippen LogP contribution in [0, 0.1) is 13.8 Å². The highest BCUT2D eigenvalue weighted by atomic mass is 16.2. The van der Waals surface area contributed by atoms with Gasteiger partial charge in [-0.2, -0.15) is 10.2 Å². The standard InChI is InChI=1S/C25H25N5O/c1-17-22(18(2)29(27-17)20-9-5-3-6-10-20)16-26-25(31)24-15-23(19-13-14-19)28-30(24)21-11-7-4-8-12-21/h3-12,15,19H,13-14,16H2,1-2H3,(H,26,31). The third-order valence-corrected chi connectivity index (χ3v) is 5.82. The summed E-state index contributed by atoms with van der Waals surface area (Å²) in [5, 5.41) is 12.5. The molecular weight excluding hydrogens is 386 g/mol. The molecule has 5 rings (SSSR count). The fourth-order valence-electron chi connectivity index (χ4n) is 3.92. The third kappa shape index (κ3) is 3.77. The highest BCUT2D eigenvalue weighted by Gasteiger charge is 2.29. The minimum absolute atomic E-state index is 0.130. The molecule has 6 heteroatoms. The molecule has 2 heterocycles. The van der Waals surface area contributed by atoms with Crippen LogP contribution in [0.3, 0.4) is 0 Å². The van der Waals surface area contributed by atoms with E-state index < -0.39 is 0 Å². The van der Waals surface area contributed by atoms with Crippen molar-refractivity contribution in [1.82, 2.24) is 24.9 Å². The van der Waals surface area contributed by atoms with Gasteiger partial charge >= 0.3 is 0 Å². The monoisotopic (exact) mass is 411 g/mol. The molecule has 1 N–H and O–H groups in total. The van der Waals surface area contributed by atoms with Crippen LogP contribution >= 0.6 is 0 Å². The van der Waals surface area contributed by atoms with Crippen molar-refractivity contribution in [2.24, 2.45) is 0 Å². The van der Waals surface area contributed by atoms with Crippen LogP contribution in [0.5, 0.6) is 0 Å². The molecule has 4 aromatic rings. The Morgan fingerprint density at radius 1 is 0.935 bits per heavy atom. The van der Waals surface area contributed by atoms with E-state index in [0.717, 1.165) is 46.9 Å². The van der Waals surface area contributed by atoms with Crippen LogP contribution in [0.2, 0.25) is 0 Å². The van der Waals surface area contributed by atoms with Crippen LogP contribution in [-0.2, 0) is 6.54 Å². The maximum atomic E-state index is 13.2. The Morgan fingerprint density at radius 2 is 1.55 bits per heavy atom. The number of nitrogens with one attached hydrogen (secondary N) is 1. The van der Waals surface area contributed by atoms with Gasteiger partial charge in [-0.3, -0.25) is 4.79 Å². The molecule has 2 aromatic carbocycles. The highest BCUT2D eigenvalue weighted by molar-refractivity contribution is 5.93. The van der Waals surface area contributed by atoms with Crippen molar-refractivity contribution in [1.29, 1.82) is 0 Å². The molecule has 0 unspecified atom stereocenters. The Bertz CT molecular complexity index is 1220. The van der Waals surface area contributed by atoms with Crippen molar-refractivity contribution in [3.63, 3.8) is 0 Å². The predicted molar refractivity (Wildman–Crippen MR) is 120 cm³/mol. The van der Waals surface area contributed by atoms with Gasteiger partial charge in [0.1, 0.15) is 5.69 Å². The first-order valence-corrected chi connectivity index (χ1v) is 10.7. The fourth-order valence-corrected chi connectivity index (χ4v) is 3.92. The number of para-hydroxylation sites is 2. The molecular formula is C25H25N5O. The number of aryl methyl sites for hydroxylation is 1. The van der Waals surface area contributed by atoms with Crippen LogP contribution in [0.4, 0.5) is 0 Å². The van der Waals surface area contributed by atoms with Crippen molar-refractivity contribution in [2.45, 2.75) is 39.2 Å². The fraction of sp³-hybridized carbons (Fsp3) is 0.240. The van der Waals surface area contributed by atoms with Gasteiger partial charge in [-0.25, -0.2) is 9.36 Å². The molecule has 0 spiro atoms. The average Bonchev–Trinajstić information content (AvgIpc) is 3.49. The molecule has 0 bridgehead atoms. The summed E-state index contributed by atoms with van der Waals surface area (Å²) in [5.41, 5.74) is 6.44. The summed E-state index contributed by atoms with van der Waals surface area (Å²) >= 11 is 0. The maximum Gasteiger partial charge on any atom is 0.270 e. The summed E-state index contributed by atoms with van der Waals surface area (Å²) in [4.78, 5) is 13.2. The van der Waals surface area contributed by atoms with Crippen molar-refractivity contribution < 1.29 is 4.79 Å². The molecule has 0 aliphatic heterocycles. The lowest BCUT2D eigenvalue weighted by molar-refractivity contribution is 0.0943. The number of nitrogens with zero attached hydrogens (tertiary/aromatic N) is 4. The number of hydrogen-bond donors (Lipinski definition) is 1. The van der Waals surface area contributed by atoms with Gasteiger partial charge in [0.15, 0.2) is 0 Å². The van der Waals surface area contributed by atoms with Gasteiger partial charge in [0, 0.05) is 23.7 Å². The van der Waals surface area contributed by atoms with Crippen LogP contribution in [0.1, 0.15) is 51.9 Å². The van der Waals surface area contributed by atoms with E-state index in [0.29, 0.717) is 18.2 Å². The van der Waals surface area contributed by atoms with Crippen LogP contribution in [0.25, 0.3) is 11.4 Å². The molecule has 0 atom stereocenters. The van der Waals surface area contributed by atoms with E-state index in [1.165, 1.54) is 0 Å². The van der Waals surface area contributed by atoms with E-state index in [2.05, 4.69) is 10.4 Å². The summed E-state index contributed by atoms with van der Waals surface area (Å²) in [6.45, 7) is 4.43. The van der Waals surface area contributed by atoms with Gasteiger partial charge < -0.3 is 5.32 Å². The number of rotatable bonds is 6. The molecule has 1 amide bonds. The van der Waals surface area contributed by atoms with E-state index in [9.17, 15) is 4.79 Å². The van der Waals surface area contributed by atoms with E-state index in [-0.39, 0.29) is 5.91 Å². The lowest BCUT2D eigenvalue weighted by Gasteiger charge is -2.09. The molecule has 2 aromatic heterocycles. The van der Waals surface area contributed by atoms with Gasteiger partial charge in [0.25, 0.3) is 5.91 Å². The zero-order chi connectivity index (χ0) is 21.4. The van der Waals surface area contributed by atoms with E-state index >= 15 is 0 Å². The molecule has 1 fully saturated rings. The van der Waals surface area contributed by atoms with Gasteiger partial charge in [-0.05, 0) is 57.0 Å². The smallest absolute Gasteiger partial charge is 0.270 e. The van der Waals surface area contributed by atoms with E-state index in [4.69, 9.17) is 5.10 Å². The Kier molecular flexibility index (Phi) is 4.90. The quantitative estimate of drug-likeness (QED) is 0.509. The number of amides is 1. The SMILES string of the molecule is Cc1nn(-c2ccccc2)c(C)c1CNC(=O)c1cc(C2CC2)nn1-c1ccccc1. The first-order valence-electron chi connectivity index (χ1n) is 10.7. The number of hydrogen-bond acceptors (Lipinski definition) is 3. The number of benzene rings is 2. The number of carbonyl (C=O) groups is 1. The average molecular weight is 412 g/mol. The zero-order valence-corrected chi connectivity index (χ0v) is 17.7. The van der Waals surface area contributed by atoms with Crippen LogP contribution < -0.4 is 5.32 Å². The summed E-state index contributed by atoms with van der Waals surface area (Å²) in [7, 11) is 0. The summed E-state index contributed by atoms with van der Waals surface area (Å²) in [6, 6.07) is 21.8. The normalized spacial score (nSPS) is 13.4. The first kappa shape index (κ1) is 19.3. The Morgan fingerprint density at radius 3 is 2.16 bits per heavy atom. The second-order valence-corrected chi connectivity index (χ2v) is 8.06. The van der Waals surface area contributed by atoms with Gasteiger partial charge in [-0.15, -0.1) is 0 Å². The molecule has 1 aliphatic carbocycles. The third-order valence-electron chi connectivity index (χ3n) is 5.82. The van der Waals surface area contributed by atoms with Crippen molar-refractivity contribution >= 4 is 5.91 Å². The van der Waals surface area contributed by atoms with Crippen LogP contribution in [-0.4, -0.2) is 25.5 Å². The molecule has 156 valence electrons. The van der Waals surface area contributed by atoms with Gasteiger partial charge in [-0.1, -0.05) is 36.4 Å². The summed E-state index contributed by atoms with van der Waals surface area (Å²) in [5.74, 6) is 0.347. The lowest BCUT2D eigenvalue weighted by Crippen LogP contribution is -2.26. The molecule has 0 saturated heterocycles. The second-order valence-electron chi connectivity index (χ2n) is 8.06. The van der Waals surface area contributed by atoms with Gasteiger partial charge in [0.05, 0.1) is 22.8 Å². The van der Waals surface area contributed by atoms with Gasteiger partial charge in [0.2, 0.25) is 0 Å². The number of aromatic nitrogens is 4. The second kappa shape index (κ2) is 7.87.